The Morgan fingerprint density at radius 1 is 0.974 bits per heavy atom. The highest BCUT2D eigenvalue weighted by atomic mass is 32.2. The summed E-state index contributed by atoms with van der Waals surface area (Å²) >= 11 is 0. The molecule has 0 spiro atoms. The molecular formula is C30H39N3O5S. The Kier molecular flexibility index (Phi) is 11.1. The fourth-order valence-corrected chi connectivity index (χ4v) is 5.28. The van der Waals surface area contributed by atoms with Crippen molar-refractivity contribution < 1.29 is 23.4 Å². The molecule has 0 saturated heterocycles. The van der Waals surface area contributed by atoms with E-state index in [9.17, 15) is 18.3 Å². The minimum Gasteiger partial charge on any atom is -0.399 e. The quantitative estimate of drug-likeness (QED) is 0.152. The summed E-state index contributed by atoms with van der Waals surface area (Å²) in [5.74, 6) is -0.691. The van der Waals surface area contributed by atoms with Crippen molar-refractivity contribution in [1.29, 1.82) is 0 Å². The monoisotopic (exact) mass is 553 g/mol. The molecule has 0 aliphatic carbocycles. The fourth-order valence-electron chi connectivity index (χ4n) is 4.28. The van der Waals surface area contributed by atoms with E-state index < -0.39 is 22.0 Å². The van der Waals surface area contributed by atoms with Gasteiger partial charge in [0.25, 0.3) is 5.91 Å². The normalized spacial score (nSPS) is 12.4. The van der Waals surface area contributed by atoms with Crippen molar-refractivity contribution in [3.8, 4) is 11.1 Å². The van der Waals surface area contributed by atoms with Gasteiger partial charge in [0.2, 0.25) is 10.0 Å². The standard InChI is InChI=1S/C30H39N3O5S/c1-21(2)18-26-19-25(10-13-28(26)30(36)33-39(37,38)17-3-16-34)23-6-4-22(5-7-23)14-15-32-20-29(35)24-8-11-27(31)12-9-24/h4-13,19,21,29,32,34-35H,3,14-18,20,31H2,1-2H3,(H,33,36)/t29-/m0/s1. The summed E-state index contributed by atoms with van der Waals surface area (Å²) in [6.45, 7) is 5.00. The first kappa shape index (κ1) is 30.3. The van der Waals surface area contributed by atoms with Crippen molar-refractivity contribution in [2.75, 3.05) is 31.2 Å². The van der Waals surface area contributed by atoms with E-state index in [1.165, 1.54) is 0 Å². The van der Waals surface area contributed by atoms with Gasteiger partial charge < -0.3 is 21.3 Å². The van der Waals surface area contributed by atoms with Crippen molar-refractivity contribution in [1.82, 2.24) is 10.0 Å². The lowest BCUT2D eigenvalue weighted by Crippen LogP contribution is -2.33. The minimum atomic E-state index is -3.82. The number of carbonyl (C=O) groups is 1. The van der Waals surface area contributed by atoms with Crippen LogP contribution in [0.25, 0.3) is 11.1 Å². The zero-order valence-electron chi connectivity index (χ0n) is 22.6. The highest BCUT2D eigenvalue weighted by Crippen LogP contribution is 2.25. The van der Waals surface area contributed by atoms with Gasteiger partial charge in [0, 0.05) is 24.4 Å². The van der Waals surface area contributed by atoms with E-state index in [-0.39, 0.29) is 24.7 Å². The van der Waals surface area contributed by atoms with Crippen LogP contribution in [0.1, 0.15) is 53.4 Å². The molecule has 0 radical (unpaired) electrons. The number of nitrogen functional groups attached to an aromatic ring is 1. The number of amides is 1. The van der Waals surface area contributed by atoms with Crippen LogP contribution in [-0.2, 0) is 22.9 Å². The molecule has 6 N–H and O–H groups in total. The maximum absolute atomic E-state index is 12.8. The van der Waals surface area contributed by atoms with Gasteiger partial charge in [0.15, 0.2) is 0 Å². The van der Waals surface area contributed by atoms with Gasteiger partial charge in [0.05, 0.1) is 11.9 Å². The van der Waals surface area contributed by atoms with Crippen molar-refractivity contribution in [3.63, 3.8) is 0 Å². The van der Waals surface area contributed by atoms with E-state index in [4.69, 9.17) is 10.8 Å². The van der Waals surface area contributed by atoms with Crippen LogP contribution in [0.5, 0.6) is 0 Å². The van der Waals surface area contributed by atoms with Gasteiger partial charge in [-0.25, -0.2) is 13.1 Å². The Morgan fingerprint density at radius 3 is 2.28 bits per heavy atom. The number of anilines is 1. The largest absolute Gasteiger partial charge is 0.399 e. The highest BCUT2D eigenvalue weighted by molar-refractivity contribution is 7.90. The second-order valence-electron chi connectivity index (χ2n) is 10.1. The molecule has 0 unspecified atom stereocenters. The van der Waals surface area contributed by atoms with Gasteiger partial charge in [-0.1, -0.05) is 62.4 Å². The highest BCUT2D eigenvalue weighted by Gasteiger charge is 2.19. The molecule has 0 heterocycles. The lowest BCUT2D eigenvalue weighted by molar-refractivity contribution is 0.0980. The Bertz CT molecular complexity index is 1320. The number of hydrogen-bond acceptors (Lipinski definition) is 7. The molecule has 9 heteroatoms. The number of aliphatic hydroxyl groups is 2. The predicted octanol–water partition coefficient (Wildman–Crippen LogP) is 3.44. The summed E-state index contributed by atoms with van der Waals surface area (Å²) in [6.07, 6.45) is 0.896. The van der Waals surface area contributed by atoms with Crippen LogP contribution in [-0.4, -0.2) is 50.0 Å². The number of sulfonamides is 1. The molecule has 0 fully saturated rings. The van der Waals surface area contributed by atoms with Gasteiger partial charge in [-0.3, -0.25) is 4.79 Å². The summed E-state index contributed by atoms with van der Waals surface area (Å²) in [6, 6.07) is 20.8. The predicted molar refractivity (Wildman–Crippen MR) is 156 cm³/mol. The molecule has 0 saturated carbocycles. The van der Waals surface area contributed by atoms with Crippen LogP contribution >= 0.6 is 0 Å². The molecule has 0 bridgehead atoms. The average molecular weight is 554 g/mol. The Labute approximate surface area is 231 Å². The number of rotatable bonds is 14. The molecule has 210 valence electrons. The van der Waals surface area contributed by atoms with Gasteiger partial charge in [-0.15, -0.1) is 0 Å². The number of nitrogens with one attached hydrogen (secondary N) is 2. The topological polar surface area (TPSA) is 142 Å². The SMILES string of the molecule is CC(C)Cc1cc(-c2ccc(CCNC[C@H](O)c3ccc(N)cc3)cc2)ccc1C(=O)NS(=O)(=O)CCCO. The first-order valence-electron chi connectivity index (χ1n) is 13.2. The number of carbonyl (C=O) groups excluding carboxylic acids is 1. The number of aliphatic hydroxyl groups excluding tert-OH is 2. The van der Waals surface area contributed by atoms with E-state index in [1.807, 2.05) is 50.2 Å². The third-order valence-corrected chi connectivity index (χ3v) is 7.66. The Balaban J connectivity index is 1.63. The number of benzene rings is 3. The van der Waals surface area contributed by atoms with Crippen LogP contribution in [0.15, 0.2) is 66.7 Å². The number of hydrogen-bond donors (Lipinski definition) is 5. The molecule has 0 aromatic heterocycles. The van der Waals surface area contributed by atoms with Gasteiger partial charge >= 0.3 is 0 Å². The molecule has 0 aliphatic rings. The molecule has 8 nitrogen and oxygen atoms in total. The molecule has 3 rings (SSSR count). The summed E-state index contributed by atoms with van der Waals surface area (Å²) in [7, 11) is -3.82. The van der Waals surface area contributed by atoms with Gasteiger partial charge in [-0.2, -0.15) is 0 Å². The summed E-state index contributed by atoms with van der Waals surface area (Å²) in [4.78, 5) is 12.8. The third-order valence-electron chi connectivity index (χ3n) is 6.33. The van der Waals surface area contributed by atoms with E-state index in [0.29, 0.717) is 24.2 Å². The van der Waals surface area contributed by atoms with E-state index in [1.54, 1.807) is 18.2 Å². The molecule has 1 amide bonds. The second-order valence-corrected chi connectivity index (χ2v) is 12.0. The second kappa shape index (κ2) is 14.2. The lowest BCUT2D eigenvalue weighted by Gasteiger charge is -2.15. The van der Waals surface area contributed by atoms with Gasteiger partial charge in [0.1, 0.15) is 0 Å². The maximum atomic E-state index is 12.8. The smallest absolute Gasteiger partial charge is 0.265 e. The Hall–Kier alpha value is -3.24. The first-order chi connectivity index (χ1) is 18.6. The molecule has 3 aromatic carbocycles. The third kappa shape index (κ3) is 9.47. The number of nitrogens with two attached hydrogens (primary N) is 1. The van der Waals surface area contributed by atoms with Crippen LogP contribution in [0.3, 0.4) is 0 Å². The average Bonchev–Trinajstić information content (AvgIpc) is 2.90. The molecule has 39 heavy (non-hydrogen) atoms. The van der Waals surface area contributed by atoms with Gasteiger partial charge in [-0.05, 0) is 77.7 Å². The zero-order valence-corrected chi connectivity index (χ0v) is 23.4. The van der Waals surface area contributed by atoms with Crippen LogP contribution < -0.4 is 15.8 Å². The van der Waals surface area contributed by atoms with E-state index >= 15 is 0 Å². The first-order valence-corrected chi connectivity index (χ1v) is 14.9. The minimum absolute atomic E-state index is 0.0675. The molecule has 0 aliphatic heterocycles. The van der Waals surface area contributed by atoms with Crippen LogP contribution in [0.4, 0.5) is 5.69 Å². The Morgan fingerprint density at radius 2 is 1.64 bits per heavy atom. The fraction of sp³-hybridized carbons (Fsp3) is 0.367. The van der Waals surface area contributed by atoms with Crippen molar-refractivity contribution in [2.45, 2.75) is 39.2 Å². The van der Waals surface area contributed by atoms with Crippen molar-refractivity contribution >= 4 is 21.6 Å². The molecular weight excluding hydrogens is 514 g/mol. The molecule has 3 aromatic rings. The van der Waals surface area contributed by atoms with Crippen LogP contribution in [0.2, 0.25) is 0 Å². The van der Waals surface area contributed by atoms with E-state index in [0.717, 1.165) is 40.8 Å². The summed E-state index contributed by atoms with van der Waals surface area (Å²) < 4.78 is 26.5. The van der Waals surface area contributed by atoms with Crippen molar-refractivity contribution in [2.24, 2.45) is 5.92 Å². The van der Waals surface area contributed by atoms with Crippen LogP contribution in [0, 0.1) is 5.92 Å². The molecule has 1 atom stereocenters. The maximum Gasteiger partial charge on any atom is 0.265 e. The lowest BCUT2D eigenvalue weighted by atomic mass is 9.93. The van der Waals surface area contributed by atoms with E-state index in [2.05, 4.69) is 22.2 Å². The zero-order chi connectivity index (χ0) is 28.4. The van der Waals surface area contributed by atoms with Crippen molar-refractivity contribution in [3.05, 3.63) is 89.0 Å². The summed E-state index contributed by atoms with van der Waals surface area (Å²) in [5.41, 5.74) is 11.4. The summed E-state index contributed by atoms with van der Waals surface area (Å²) in [5, 5.41) is 22.5.